The first-order valence-electron chi connectivity index (χ1n) is 6.92. The number of hydrogen-bond donors (Lipinski definition) is 1. The van der Waals surface area contributed by atoms with Crippen LogP contribution >= 0.6 is 11.3 Å². The van der Waals surface area contributed by atoms with Crippen LogP contribution in [-0.2, 0) is 0 Å². The van der Waals surface area contributed by atoms with Gasteiger partial charge in [-0.05, 0) is 30.4 Å². The van der Waals surface area contributed by atoms with Gasteiger partial charge in [-0.2, -0.15) is 5.10 Å². The van der Waals surface area contributed by atoms with Gasteiger partial charge in [-0.1, -0.05) is 6.07 Å². The Morgan fingerprint density at radius 1 is 1.36 bits per heavy atom. The summed E-state index contributed by atoms with van der Waals surface area (Å²) in [6, 6.07) is 5.80. The van der Waals surface area contributed by atoms with Crippen molar-refractivity contribution in [2.75, 3.05) is 0 Å². The maximum atomic E-state index is 11.4. The molecule has 0 bridgehead atoms. The number of aromatic nitrogens is 4. The molecule has 4 rings (SSSR count). The molecule has 110 valence electrons. The molecular formula is C15H12N4O2S. The molecule has 6 nitrogen and oxygen atoms in total. The van der Waals surface area contributed by atoms with Crippen LogP contribution < -0.4 is 0 Å². The van der Waals surface area contributed by atoms with Crippen molar-refractivity contribution in [3.05, 3.63) is 47.2 Å². The zero-order valence-corrected chi connectivity index (χ0v) is 12.3. The van der Waals surface area contributed by atoms with Crippen LogP contribution in [0.3, 0.4) is 0 Å². The third-order valence-corrected chi connectivity index (χ3v) is 4.50. The van der Waals surface area contributed by atoms with E-state index >= 15 is 0 Å². The molecule has 0 amide bonds. The summed E-state index contributed by atoms with van der Waals surface area (Å²) in [5.74, 6) is -0.301. The lowest BCUT2D eigenvalue weighted by molar-refractivity contribution is 0.0695. The summed E-state index contributed by atoms with van der Waals surface area (Å²) in [7, 11) is 0. The molecule has 3 aromatic rings. The summed E-state index contributed by atoms with van der Waals surface area (Å²) in [6.07, 6.45) is 5.03. The molecule has 1 aliphatic carbocycles. The van der Waals surface area contributed by atoms with Gasteiger partial charge in [0, 0.05) is 12.1 Å². The minimum Gasteiger partial charge on any atom is -0.478 e. The van der Waals surface area contributed by atoms with Crippen LogP contribution in [0.2, 0.25) is 0 Å². The first kappa shape index (κ1) is 13.1. The van der Waals surface area contributed by atoms with Crippen LogP contribution in [0.25, 0.3) is 16.5 Å². The molecule has 0 aliphatic heterocycles. The van der Waals surface area contributed by atoms with Crippen LogP contribution in [0, 0.1) is 0 Å². The van der Waals surface area contributed by atoms with Gasteiger partial charge < -0.3 is 5.11 Å². The minimum atomic E-state index is -0.956. The van der Waals surface area contributed by atoms with Gasteiger partial charge in [-0.3, -0.25) is 0 Å². The standard InChI is InChI=1S/C15H12N4O2S/c20-14(21)10-8-17-19(13(10)9-3-4-9)15-16-6-5-11(18-15)12-2-1-7-22-12/h1-2,5-9H,3-4H2,(H,20,21). The van der Waals surface area contributed by atoms with Crippen molar-refractivity contribution in [2.45, 2.75) is 18.8 Å². The van der Waals surface area contributed by atoms with E-state index in [1.807, 2.05) is 23.6 Å². The highest BCUT2D eigenvalue weighted by Gasteiger charge is 2.33. The van der Waals surface area contributed by atoms with E-state index in [9.17, 15) is 9.90 Å². The van der Waals surface area contributed by atoms with E-state index in [0.29, 0.717) is 11.6 Å². The summed E-state index contributed by atoms with van der Waals surface area (Å²) < 4.78 is 1.57. The molecule has 0 saturated heterocycles. The van der Waals surface area contributed by atoms with Gasteiger partial charge in [0.05, 0.1) is 22.5 Å². The minimum absolute atomic E-state index is 0.239. The zero-order chi connectivity index (χ0) is 15.1. The molecule has 0 spiro atoms. The molecule has 3 heterocycles. The summed E-state index contributed by atoms with van der Waals surface area (Å²) in [5, 5.41) is 15.5. The molecule has 0 aromatic carbocycles. The Labute approximate surface area is 130 Å². The van der Waals surface area contributed by atoms with Crippen LogP contribution in [0.1, 0.15) is 34.8 Å². The van der Waals surface area contributed by atoms with Gasteiger partial charge in [0.15, 0.2) is 0 Å². The lowest BCUT2D eigenvalue weighted by atomic mass is 10.2. The Hall–Kier alpha value is -2.54. The average Bonchev–Trinajstić information content (AvgIpc) is 3.05. The lowest BCUT2D eigenvalue weighted by Crippen LogP contribution is -2.09. The Morgan fingerprint density at radius 2 is 2.23 bits per heavy atom. The number of carboxylic acids is 1. The third kappa shape index (κ3) is 2.19. The molecule has 22 heavy (non-hydrogen) atoms. The summed E-state index contributed by atoms with van der Waals surface area (Å²) in [4.78, 5) is 21.2. The number of carboxylic acid groups (broad SMARTS) is 1. The first-order chi connectivity index (χ1) is 10.7. The normalized spacial score (nSPS) is 14.2. The third-order valence-electron chi connectivity index (χ3n) is 3.61. The van der Waals surface area contributed by atoms with Crippen molar-refractivity contribution < 1.29 is 9.90 Å². The number of rotatable bonds is 4. The van der Waals surface area contributed by atoms with E-state index in [0.717, 1.165) is 23.4 Å². The van der Waals surface area contributed by atoms with Gasteiger partial charge in [-0.25, -0.2) is 19.4 Å². The number of thiophene rings is 1. The number of hydrogen-bond acceptors (Lipinski definition) is 5. The van der Waals surface area contributed by atoms with E-state index in [2.05, 4.69) is 15.1 Å². The quantitative estimate of drug-likeness (QED) is 0.801. The fourth-order valence-electron chi connectivity index (χ4n) is 2.44. The van der Waals surface area contributed by atoms with Crippen molar-refractivity contribution in [1.82, 2.24) is 19.7 Å². The zero-order valence-electron chi connectivity index (χ0n) is 11.5. The first-order valence-corrected chi connectivity index (χ1v) is 7.80. The monoisotopic (exact) mass is 312 g/mol. The van der Waals surface area contributed by atoms with Crippen molar-refractivity contribution >= 4 is 17.3 Å². The highest BCUT2D eigenvalue weighted by Crippen LogP contribution is 2.42. The molecule has 0 radical (unpaired) electrons. The average molecular weight is 312 g/mol. The second-order valence-electron chi connectivity index (χ2n) is 5.15. The Bertz CT molecular complexity index is 837. The number of aromatic carboxylic acids is 1. The van der Waals surface area contributed by atoms with E-state index in [4.69, 9.17) is 0 Å². The summed E-state index contributed by atoms with van der Waals surface area (Å²) in [6.45, 7) is 0. The smallest absolute Gasteiger partial charge is 0.339 e. The lowest BCUT2D eigenvalue weighted by Gasteiger charge is -2.06. The molecule has 3 aromatic heterocycles. The maximum Gasteiger partial charge on any atom is 0.339 e. The molecule has 1 aliphatic rings. The highest BCUT2D eigenvalue weighted by atomic mass is 32.1. The van der Waals surface area contributed by atoms with Crippen LogP contribution in [-0.4, -0.2) is 30.8 Å². The summed E-state index contributed by atoms with van der Waals surface area (Å²) in [5.41, 5.74) is 1.76. The van der Waals surface area contributed by atoms with Crippen LogP contribution in [0.4, 0.5) is 0 Å². The fraction of sp³-hybridized carbons (Fsp3) is 0.200. The second-order valence-corrected chi connectivity index (χ2v) is 6.10. The maximum absolute atomic E-state index is 11.4. The molecule has 0 unspecified atom stereocenters. The molecule has 0 atom stereocenters. The van der Waals surface area contributed by atoms with E-state index < -0.39 is 5.97 Å². The van der Waals surface area contributed by atoms with Gasteiger partial charge in [0.1, 0.15) is 5.56 Å². The van der Waals surface area contributed by atoms with Gasteiger partial charge in [0.2, 0.25) is 0 Å². The number of carbonyl (C=O) groups is 1. The largest absolute Gasteiger partial charge is 0.478 e. The SMILES string of the molecule is O=C(O)c1cnn(-c2nccc(-c3cccs3)n2)c1C1CC1. The van der Waals surface area contributed by atoms with Gasteiger partial charge in [-0.15, -0.1) is 11.3 Å². The van der Waals surface area contributed by atoms with Crippen molar-refractivity contribution in [2.24, 2.45) is 0 Å². The molecular weight excluding hydrogens is 300 g/mol. The molecule has 1 saturated carbocycles. The van der Waals surface area contributed by atoms with Crippen LogP contribution in [0.15, 0.2) is 36.0 Å². The second kappa shape index (κ2) is 5.03. The van der Waals surface area contributed by atoms with Crippen molar-refractivity contribution in [1.29, 1.82) is 0 Å². The highest BCUT2D eigenvalue weighted by molar-refractivity contribution is 7.13. The Balaban J connectivity index is 1.83. The Morgan fingerprint density at radius 3 is 2.91 bits per heavy atom. The predicted molar refractivity (Wildman–Crippen MR) is 81.4 cm³/mol. The molecule has 1 fully saturated rings. The van der Waals surface area contributed by atoms with Crippen molar-refractivity contribution in [3.8, 4) is 16.5 Å². The van der Waals surface area contributed by atoms with Gasteiger partial charge >= 0.3 is 5.97 Å². The van der Waals surface area contributed by atoms with Gasteiger partial charge in [0.25, 0.3) is 5.95 Å². The molecule has 7 heteroatoms. The Kier molecular flexibility index (Phi) is 3.00. The van der Waals surface area contributed by atoms with Crippen molar-refractivity contribution in [3.63, 3.8) is 0 Å². The fourth-order valence-corrected chi connectivity index (χ4v) is 3.14. The summed E-state index contributed by atoms with van der Waals surface area (Å²) >= 11 is 1.60. The predicted octanol–water partition coefficient (Wildman–Crippen LogP) is 2.97. The van der Waals surface area contributed by atoms with E-state index in [-0.39, 0.29) is 11.5 Å². The number of nitrogens with zero attached hydrogens (tertiary/aromatic N) is 4. The van der Waals surface area contributed by atoms with Crippen LogP contribution in [0.5, 0.6) is 0 Å². The van der Waals surface area contributed by atoms with E-state index in [1.165, 1.54) is 6.20 Å². The molecule has 1 N–H and O–H groups in total. The topological polar surface area (TPSA) is 80.9 Å². The van der Waals surface area contributed by atoms with E-state index in [1.54, 1.807) is 22.2 Å².